The zero-order valence-electron chi connectivity index (χ0n) is 16.5. The van der Waals surface area contributed by atoms with Crippen LogP contribution in [0.4, 0.5) is 0 Å². The second-order valence-corrected chi connectivity index (χ2v) is 7.09. The van der Waals surface area contributed by atoms with Crippen molar-refractivity contribution >= 4 is 0 Å². The van der Waals surface area contributed by atoms with Gasteiger partial charge in [0, 0.05) is 12.1 Å². The van der Waals surface area contributed by atoms with Gasteiger partial charge in [-0.2, -0.15) is 0 Å². The average molecular weight is 306 g/mol. The lowest BCUT2D eigenvalue weighted by molar-refractivity contribution is 0.147. The van der Waals surface area contributed by atoms with Crippen molar-refractivity contribution in [1.29, 1.82) is 0 Å². The van der Waals surface area contributed by atoms with Gasteiger partial charge in [-0.1, -0.05) is 64.4 Å². The summed E-state index contributed by atoms with van der Waals surface area (Å²) in [5.41, 5.74) is 3.04. The van der Waals surface area contributed by atoms with Crippen LogP contribution in [0.15, 0.2) is 24.3 Å². The first kappa shape index (κ1) is 21.2. The molecule has 1 heteroatoms. The SMILES string of the molecule is CC.CCC(C)N(CCC(C)(C)c1ccc(C)cc1)C(C)C. The minimum absolute atomic E-state index is 0.244. The summed E-state index contributed by atoms with van der Waals surface area (Å²) in [5.74, 6) is 0. The Hall–Kier alpha value is -0.820. The predicted octanol–water partition coefficient (Wildman–Crippen LogP) is 6.20. The van der Waals surface area contributed by atoms with Crippen LogP contribution in [0.2, 0.25) is 0 Å². The molecule has 1 unspecified atom stereocenters. The molecule has 1 atom stereocenters. The van der Waals surface area contributed by atoms with Crippen LogP contribution in [-0.4, -0.2) is 23.5 Å². The van der Waals surface area contributed by atoms with Gasteiger partial charge in [0.2, 0.25) is 0 Å². The van der Waals surface area contributed by atoms with E-state index in [9.17, 15) is 0 Å². The molecular weight excluding hydrogens is 266 g/mol. The maximum absolute atomic E-state index is 2.63. The van der Waals surface area contributed by atoms with Crippen LogP contribution in [0.5, 0.6) is 0 Å². The average Bonchev–Trinajstić information content (AvgIpc) is 2.49. The van der Waals surface area contributed by atoms with Crippen molar-refractivity contribution in [2.45, 2.75) is 92.7 Å². The fourth-order valence-electron chi connectivity index (χ4n) is 2.78. The summed E-state index contributed by atoms with van der Waals surface area (Å²) in [6.45, 7) is 21.3. The molecule has 1 nitrogen and oxygen atoms in total. The Labute approximate surface area is 140 Å². The van der Waals surface area contributed by atoms with Crippen molar-refractivity contribution in [2.75, 3.05) is 6.54 Å². The van der Waals surface area contributed by atoms with E-state index in [2.05, 4.69) is 77.6 Å². The highest BCUT2D eigenvalue weighted by molar-refractivity contribution is 5.27. The molecule has 128 valence electrons. The standard InChI is InChI=1S/C19H33N.C2H6/c1-8-17(5)20(15(2)3)14-13-19(6,7)18-11-9-16(4)10-12-18;1-2/h9-12,15,17H,8,13-14H2,1-7H3;1-2H3. The maximum Gasteiger partial charge on any atom is 0.00670 e. The van der Waals surface area contributed by atoms with Gasteiger partial charge in [0.25, 0.3) is 0 Å². The van der Waals surface area contributed by atoms with Crippen LogP contribution in [0.25, 0.3) is 0 Å². The van der Waals surface area contributed by atoms with Crippen molar-refractivity contribution in [3.8, 4) is 0 Å². The molecule has 1 rings (SSSR count). The third-order valence-corrected chi connectivity index (χ3v) is 4.65. The smallest absolute Gasteiger partial charge is 0.00670 e. The quantitative estimate of drug-likeness (QED) is 0.580. The van der Waals surface area contributed by atoms with Crippen molar-refractivity contribution in [2.24, 2.45) is 0 Å². The van der Waals surface area contributed by atoms with E-state index in [1.54, 1.807) is 0 Å². The number of benzene rings is 1. The van der Waals surface area contributed by atoms with Crippen molar-refractivity contribution in [3.05, 3.63) is 35.4 Å². The Morgan fingerprint density at radius 1 is 1.00 bits per heavy atom. The van der Waals surface area contributed by atoms with Crippen LogP contribution in [-0.2, 0) is 5.41 Å². The molecule has 0 aliphatic rings. The third kappa shape index (κ3) is 6.52. The Balaban J connectivity index is 0.00000211. The van der Waals surface area contributed by atoms with Gasteiger partial charge in [0.05, 0.1) is 0 Å². The number of hydrogen-bond acceptors (Lipinski definition) is 1. The van der Waals surface area contributed by atoms with Crippen LogP contribution >= 0.6 is 0 Å². The second kappa shape index (κ2) is 10.0. The molecule has 0 fully saturated rings. The Kier molecular flexibility index (Phi) is 9.67. The summed E-state index contributed by atoms with van der Waals surface area (Å²) in [7, 11) is 0. The molecule has 0 amide bonds. The van der Waals surface area contributed by atoms with E-state index in [1.165, 1.54) is 30.5 Å². The largest absolute Gasteiger partial charge is 0.298 e. The number of aryl methyl sites for hydroxylation is 1. The second-order valence-electron chi connectivity index (χ2n) is 7.09. The zero-order valence-corrected chi connectivity index (χ0v) is 16.5. The number of hydrogen-bond donors (Lipinski definition) is 0. The van der Waals surface area contributed by atoms with Crippen molar-refractivity contribution < 1.29 is 0 Å². The summed E-state index contributed by atoms with van der Waals surface area (Å²) in [5, 5.41) is 0. The number of rotatable bonds is 7. The summed E-state index contributed by atoms with van der Waals surface area (Å²) >= 11 is 0. The molecule has 0 saturated heterocycles. The van der Waals surface area contributed by atoms with Gasteiger partial charge in [-0.3, -0.25) is 4.90 Å². The van der Waals surface area contributed by atoms with Gasteiger partial charge in [0.15, 0.2) is 0 Å². The first-order valence-corrected chi connectivity index (χ1v) is 9.10. The van der Waals surface area contributed by atoms with Gasteiger partial charge in [-0.05, 0) is 58.1 Å². The molecule has 0 aliphatic carbocycles. The number of nitrogens with zero attached hydrogens (tertiary/aromatic N) is 1. The summed E-state index contributed by atoms with van der Waals surface area (Å²) in [6, 6.07) is 10.3. The summed E-state index contributed by atoms with van der Waals surface area (Å²) in [4.78, 5) is 2.63. The highest BCUT2D eigenvalue weighted by atomic mass is 15.2. The van der Waals surface area contributed by atoms with Gasteiger partial charge < -0.3 is 0 Å². The van der Waals surface area contributed by atoms with E-state index < -0.39 is 0 Å². The molecule has 0 radical (unpaired) electrons. The molecule has 1 aromatic carbocycles. The van der Waals surface area contributed by atoms with E-state index in [1.807, 2.05) is 13.8 Å². The monoisotopic (exact) mass is 305 g/mol. The van der Waals surface area contributed by atoms with Crippen molar-refractivity contribution in [3.63, 3.8) is 0 Å². The van der Waals surface area contributed by atoms with E-state index in [0.29, 0.717) is 12.1 Å². The van der Waals surface area contributed by atoms with E-state index in [0.717, 1.165) is 0 Å². The topological polar surface area (TPSA) is 3.24 Å². The highest BCUT2D eigenvalue weighted by Gasteiger charge is 2.23. The fourth-order valence-corrected chi connectivity index (χ4v) is 2.78. The van der Waals surface area contributed by atoms with Gasteiger partial charge in [-0.25, -0.2) is 0 Å². The van der Waals surface area contributed by atoms with Gasteiger partial charge in [0.1, 0.15) is 0 Å². The first-order valence-electron chi connectivity index (χ1n) is 9.10. The molecule has 0 aromatic heterocycles. The normalized spacial score (nSPS) is 13.0. The van der Waals surface area contributed by atoms with E-state index >= 15 is 0 Å². The van der Waals surface area contributed by atoms with Gasteiger partial charge in [-0.15, -0.1) is 0 Å². The molecule has 0 spiro atoms. The van der Waals surface area contributed by atoms with Gasteiger partial charge >= 0.3 is 0 Å². The van der Waals surface area contributed by atoms with Crippen LogP contribution in [0.1, 0.15) is 79.4 Å². The molecule has 0 aliphatic heterocycles. The van der Waals surface area contributed by atoms with Crippen LogP contribution in [0.3, 0.4) is 0 Å². The molecular formula is C21H39N. The Bertz CT molecular complexity index is 389. The minimum Gasteiger partial charge on any atom is -0.298 e. The molecule has 0 N–H and O–H groups in total. The van der Waals surface area contributed by atoms with E-state index in [-0.39, 0.29) is 5.41 Å². The highest BCUT2D eigenvalue weighted by Crippen LogP contribution is 2.28. The minimum atomic E-state index is 0.244. The summed E-state index contributed by atoms with van der Waals surface area (Å²) < 4.78 is 0. The third-order valence-electron chi connectivity index (χ3n) is 4.65. The predicted molar refractivity (Wildman–Crippen MR) is 102 cm³/mol. The first-order chi connectivity index (χ1) is 10.3. The van der Waals surface area contributed by atoms with Crippen LogP contribution < -0.4 is 0 Å². The van der Waals surface area contributed by atoms with E-state index in [4.69, 9.17) is 0 Å². The fraction of sp³-hybridized carbons (Fsp3) is 0.714. The maximum atomic E-state index is 2.63. The molecule has 1 aromatic rings. The molecule has 0 heterocycles. The molecule has 0 bridgehead atoms. The van der Waals surface area contributed by atoms with Crippen molar-refractivity contribution in [1.82, 2.24) is 4.90 Å². The lowest BCUT2D eigenvalue weighted by atomic mass is 9.81. The molecule has 22 heavy (non-hydrogen) atoms. The lowest BCUT2D eigenvalue weighted by Gasteiger charge is -2.35. The summed E-state index contributed by atoms with van der Waals surface area (Å²) in [6.07, 6.45) is 2.43. The lowest BCUT2D eigenvalue weighted by Crippen LogP contribution is -2.41. The Morgan fingerprint density at radius 2 is 1.50 bits per heavy atom. The Morgan fingerprint density at radius 3 is 1.91 bits per heavy atom. The zero-order chi connectivity index (χ0) is 17.3. The van der Waals surface area contributed by atoms with Crippen LogP contribution in [0, 0.1) is 6.92 Å². The molecule has 0 saturated carbocycles.